The molecule has 2 aliphatic rings. The molecular formula is C21H31FN4O2. The van der Waals surface area contributed by atoms with Crippen molar-refractivity contribution in [1.82, 2.24) is 15.1 Å². The monoisotopic (exact) mass is 390 g/mol. The van der Waals surface area contributed by atoms with Crippen LogP contribution >= 0.6 is 0 Å². The van der Waals surface area contributed by atoms with Crippen molar-refractivity contribution in [2.45, 2.75) is 32.7 Å². The van der Waals surface area contributed by atoms with Crippen molar-refractivity contribution in [1.29, 1.82) is 0 Å². The predicted octanol–water partition coefficient (Wildman–Crippen LogP) is 1.71. The van der Waals surface area contributed by atoms with E-state index in [0.29, 0.717) is 38.4 Å². The van der Waals surface area contributed by atoms with Gasteiger partial charge in [0.2, 0.25) is 11.8 Å². The molecule has 0 saturated carbocycles. The number of hydrogen-bond donors (Lipinski definition) is 1. The lowest BCUT2D eigenvalue weighted by molar-refractivity contribution is -0.133. The van der Waals surface area contributed by atoms with Crippen molar-refractivity contribution in [2.24, 2.45) is 5.92 Å². The summed E-state index contributed by atoms with van der Waals surface area (Å²) in [4.78, 5) is 30.8. The number of hydrogen-bond acceptors (Lipinski definition) is 4. The molecule has 2 amide bonds. The summed E-state index contributed by atoms with van der Waals surface area (Å²) >= 11 is 0. The molecule has 7 heteroatoms. The standard InChI is InChI=1S/C21H31FN4O2/c1-16(2)23-21(28)17-7-9-24(10-8-17)15-20(27)26-13-11-25(12-14-26)19-6-4-3-5-18(19)22/h3-6,16-17H,7-15H2,1-2H3,(H,23,28). The molecule has 0 aromatic heterocycles. The third kappa shape index (κ3) is 5.22. The van der Waals surface area contributed by atoms with Gasteiger partial charge < -0.3 is 15.1 Å². The lowest BCUT2D eigenvalue weighted by Gasteiger charge is -2.38. The minimum absolute atomic E-state index is 0.0538. The zero-order valence-electron chi connectivity index (χ0n) is 16.9. The fraction of sp³-hybridized carbons (Fsp3) is 0.619. The zero-order valence-corrected chi connectivity index (χ0v) is 16.9. The lowest BCUT2D eigenvalue weighted by Crippen LogP contribution is -2.52. The highest BCUT2D eigenvalue weighted by Gasteiger charge is 2.28. The van der Waals surface area contributed by atoms with Crippen LogP contribution < -0.4 is 10.2 Å². The molecule has 1 N–H and O–H groups in total. The van der Waals surface area contributed by atoms with E-state index in [4.69, 9.17) is 0 Å². The van der Waals surface area contributed by atoms with Crippen molar-refractivity contribution >= 4 is 17.5 Å². The molecule has 2 saturated heterocycles. The topological polar surface area (TPSA) is 55.9 Å². The number of piperidine rings is 1. The number of benzene rings is 1. The van der Waals surface area contributed by atoms with Crippen LogP contribution in [0.15, 0.2) is 24.3 Å². The number of piperazine rings is 1. The van der Waals surface area contributed by atoms with E-state index in [1.165, 1.54) is 6.07 Å². The van der Waals surface area contributed by atoms with Gasteiger partial charge in [-0.1, -0.05) is 12.1 Å². The minimum atomic E-state index is -0.216. The highest BCUT2D eigenvalue weighted by molar-refractivity contribution is 5.80. The SMILES string of the molecule is CC(C)NC(=O)C1CCN(CC(=O)N2CCN(c3ccccc3F)CC2)CC1. The molecule has 0 unspecified atom stereocenters. The normalized spacial score (nSPS) is 19.1. The van der Waals surface area contributed by atoms with Gasteiger partial charge in [-0.25, -0.2) is 4.39 Å². The Hall–Kier alpha value is -2.15. The van der Waals surface area contributed by atoms with Gasteiger partial charge in [0.15, 0.2) is 0 Å². The number of nitrogens with zero attached hydrogens (tertiary/aromatic N) is 3. The second-order valence-electron chi connectivity index (χ2n) is 8.03. The first-order valence-corrected chi connectivity index (χ1v) is 10.2. The molecule has 0 bridgehead atoms. The predicted molar refractivity (Wildman–Crippen MR) is 108 cm³/mol. The largest absolute Gasteiger partial charge is 0.366 e. The first kappa shape index (κ1) is 20.6. The van der Waals surface area contributed by atoms with Gasteiger partial charge in [-0.05, 0) is 51.9 Å². The first-order valence-electron chi connectivity index (χ1n) is 10.2. The molecule has 3 rings (SSSR count). The van der Waals surface area contributed by atoms with E-state index in [9.17, 15) is 14.0 Å². The van der Waals surface area contributed by atoms with Crippen LogP contribution in [-0.4, -0.2) is 73.5 Å². The van der Waals surface area contributed by atoms with Gasteiger partial charge in [-0.15, -0.1) is 0 Å². The van der Waals surface area contributed by atoms with Crippen LogP contribution in [-0.2, 0) is 9.59 Å². The number of rotatable bonds is 5. The van der Waals surface area contributed by atoms with Crippen molar-refractivity contribution in [3.8, 4) is 0 Å². The highest BCUT2D eigenvalue weighted by Crippen LogP contribution is 2.21. The Labute approximate surface area is 166 Å². The second-order valence-corrected chi connectivity index (χ2v) is 8.03. The van der Waals surface area contributed by atoms with E-state index >= 15 is 0 Å². The number of anilines is 1. The molecule has 28 heavy (non-hydrogen) atoms. The minimum Gasteiger partial charge on any atom is -0.366 e. The van der Waals surface area contributed by atoms with Crippen molar-refractivity contribution in [3.05, 3.63) is 30.1 Å². The van der Waals surface area contributed by atoms with Crippen molar-refractivity contribution < 1.29 is 14.0 Å². The molecule has 2 heterocycles. The fourth-order valence-electron chi connectivity index (χ4n) is 3.95. The number of carbonyl (C=O) groups is 2. The van der Waals surface area contributed by atoms with Gasteiger partial charge >= 0.3 is 0 Å². The number of para-hydroxylation sites is 1. The molecule has 0 spiro atoms. The molecule has 154 valence electrons. The third-order valence-corrected chi connectivity index (χ3v) is 5.57. The molecule has 2 aliphatic heterocycles. The van der Waals surface area contributed by atoms with Crippen LogP contribution in [0.1, 0.15) is 26.7 Å². The van der Waals surface area contributed by atoms with E-state index in [2.05, 4.69) is 10.2 Å². The van der Waals surface area contributed by atoms with Crippen LogP contribution in [0.4, 0.5) is 10.1 Å². The molecule has 1 aromatic rings. The van der Waals surface area contributed by atoms with Crippen LogP contribution in [0.2, 0.25) is 0 Å². The van der Waals surface area contributed by atoms with E-state index in [1.54, 1.807) is 12.1 Å². The van der Waals surface area contributed by atoms with E-state index < -0.39 is 0 Å². The zero-order chi connectivity index (χ0) is 20.1. The molecular weight excluding hydrogens is 359 g/mol. The summed E-state index contributed by atoms with van der Waals surface area (Å²) in [5, 5.41) is 2.98. The molecule has 1 aromatic carbocycles. The number of halogens is 1. The maximum atomic E-state index is 13.9. The number of likely N-dealkylation sites (tertiary alicyclic amines) is 1. The lowest BCUT2D eigenvalue weighted by atomic mass is 9.95. The quantitative estimate of drug-likeness (QED) is 0.832. The summed E-state index contributed by atoms with van der Waals surface area (Å²) in [6, 6.07) is 6.94. The molecule has 0 aliphatic carbocycles. The summed E-state index contributed by atoms with van der Waals surface area (Å²) in [5.74, 6) is 0.0909. The first-order chi connectivity index (χ1) is 13.4. The van der Waals surface area contributed by atoms with Crippen LogP contribution in [0.3, 0.4) is 0 Å². The van der Waals surface area contributed by atoms with Gasteiger partial charge in [0.05, 0.1) is 12.2 Å². The summed E-state index contributed by atoms with van der Waals surface area (Å²) in [6.07, 6.45) is 1.60. The van der Waals surface area contributed by atoms with Crippen molar-refractivity contribution in [2.75, 3.05) is 50.7 Å². The summed E-state index contributed by atoms with van der Waals surface area (Å²) in [7, 11) is 0. The van der Waals surface area contributed by atoms with Crippen LogP contribution in [0, 0.1) is 11.7 Å². The second kappa shape index (κ2) is 9.37. The maximum absolute atomic E-state index is 13.9. The summed E-state index contributed by atoms with van der Waals surface area (Å²) < 4.78 is 13.9. The smallest absolute Gasteiger partial charge is 0.236 e. The van der Waals surface area contributed by atoms with E-state index in [-0.39, 0.29) is 29.6 Å². The Morgan fingerprint density at radius 3 is 2.32 bits per heavy atom. The van der Waals surface area contributed by atoms with Gasteiger partial charge in [-0.2, -0.15) is 0 Å². The van der Waals surface area contributed by atoms with Crippen LogP contribution in [0.25, 0.3) is 0 Å². The number of nitrogens with one attached hydrogen (secondary N) is 1. The van der Waals surface area contributed by atoms with Gasteiger partial charge in [0.1, 0.15) is 5.82 Å². The fourth-order valence-corrected chi connectivity index (χ4v) is 3.95. The Morgan fingerprint density at radius 1 is 1.07 bits per heavy atom. The van der Waals surface area contributed by atoms with E-state index in [0.717, 1.165) is 25.9 Å². The Kier molecular flexibility index (Phi) is 6.88. The summed E-state index contributed by atoms with van der Waals surface area (Å²) in [6.45, 7) is 8.40. The van der Waals surface area contributed by atoms with Gasteiger partial charge in [-0.3, -0.25) is 14.5 Å². The molecule has 0 radical (unpaired) electrons. The number of carbonyl (C=O) groups excluding carboxylic acids is 2. The maximum Gasteiger partial charge on any atom is 0.236 e. The van der Waals surface area contributed by atoms with Crippen LogP contribution in [0.5, 0.6) is 0 Å². The average Bonchev–Trinajstić information content (AvgIpc) is 2.68. The molecule has 2 fully saturated rings. The average molecular weight is 391 g/mol. The highest BCUT2D eigenvalue weighted by atomic mass is 19.1. The number of amides is 2. The van der Waals surface area contributed by atoms with Gasteiger partial charge in [0, 0.05) is 38.1 Å². The Bertz CT molecular complexity index is 681. The molecule has 6 nitrogen and oxygen atoms in total. The van der Waals surface area contributed by atoms with E-state index in [1.807, 2.05) is 29.7 Å². The third-order valence-electron chi connectivity index (χ3n) is 5.57. The van der Waals surface area contributed by atoms with Crippen molar-refractivity contribution in [3.63, 3.8) is 0 Å². The Morgan fingerprint density at radius 2 is 1.71 bits per heavy atom. The van der Waals surface area contributed by atoms with Gasteiger partial charge in [0.25, 0.3) is 0 Å². The Balaban J connectivity index is 1.42. The molecule has 0 atom stereocenters. The summed E-state index contributed by atoms with van der Waals surface area (Å²) in [5.41, 5.74) is 0.608.